The highest BCUT2D eigenvalue weighted by Gasteiger charge is 2.38. The Morgan fingerprint density at radius 2 is 2.00 bits per heavy atom. The van der Waals surface area contributed by atoms with Crippen LogP contribution in [0.25, 0.3) is 22.4 Å². The molecule has 1 aliphatic rings. The molecular formula is C20H21N3O3S. The zero-order chi connectivity index (χ0) is 19.5. The Morgan fingerprint density at radius 1 is 1.26 bits per heavy atom. The molecule has 0 fully saturated rings. The number of aromatic amines is 1. The zero-order valence-corrected chi connectivity index (χ0v) is 16.7. The van der Waals surface area contributed by atoms with Crippen molar-refractivity contribution in [3.05, 3.63) is 35.4 Å². The van der Waals surface area contributed by atoms with Crippen LogP contribution >= 0.6 is 0 Å². The molecule has 0 saturated carbocycles. The summed E-state index contributed by atoms with van der Waals surface area (Å²) in [5.41, 5.74) is 4.45. The second kappa shape index (κ2) is 6.00. The van der Waals surface area contributed by atoms with Crippen LogP contribution < -0.4 is 10.1 Å². The third-order valence-electron chi connectivity index (χ3n) is 5.24. The highest BCUT2D eigenvalue weighted by Crippen LogP contribution is 2.41. The molecule has 2 heterocycles. The number of nitrogens with one attached hydrogen (secondary N) is 2. The maximum atomic E-state index is 12.2. The normalized spacial score (nSPS) is 16.3. The van der Waals surface area contributed by atoms with Crippen LogP contribution in [0, 0.1) is 6.92 Å². The Morgan fingerprint density at radius 3 is 2.67 bits per heavy atom. The molecule has 27 heavy (non-hydrogen) atoms. The molecule has 0 saturated heterocycles. The van der Waals surface area contributed by atoms with E-state index in [1.54, 1.807) is 13.4 Å². The molecule has 0 aliphatic carbocycles. The fourth-order valence-corrected chi connectivity index (χ4v) is 4.42. The van der Waals surface area contributed by atoms with Gasteiger partial charge in [0.05, 0.1) is 29.1 Å². The molecule has 0 radical (unpaired) electrons. The molecule has 2 N–H and O–H groups in total. The Bertz CT molecular complexity index is 1090. The van der Waals surface area contributed by atoms with Crippen molar-refractivity contribution in [3.63, 3.8) is 0 Å². The van der Waals surface area contributed by atoms with Crippen molar-refractivity contribution in [1.29, 1.82) is 0 Å². The number of nitrogens with zero attached hydrogens (tertiary/aromatic N) is 1. The van der Waals surface area contributed by atoms with Gasteiger partial charge in [-0.25, -0.2) is 4.98 Å². The Kier molecular flexibility index (Phi) is 3.98. The smallest absolute Gasteiger partial charge is 0.234 e. The Labute approximate surface area is 160 Å². The number of fused-ring (bicyclic) bond motifs is 2. The number of benzene rings is 2. The van der Waals surface area contributed by atoms with Gasteiger partial charge in [0.2, 0.25) is 5.91 Å². The maximum Gasteiger partial charge on any atom is 0.234 e. The maximum absolute atomic E-state index is 12.2. The van der Waals surface area contributed by atoms with Crippen LogP contribution in [0.15, 0.2) is 29.2 Å². The number of rotatable bonds is 3. The van der Waals surface area contributed by atoms with Gasteiger partial charge in [0.15, 0.2) is 4.90 Å². The lowest BCUT2D eigenvalue weighted by molar-refractivity contribution is -0.119. The molecule has 1 atom stereocenters. The monoisotopic (exact) mass is 383 g/mol. The van der Waals surface area contributed by atoms with Crippen molar-refractivity contribution in [2.75, 3.05) is 18.7 Å². The van der Waals surface area contributed by atoms with Gasteiger partial charge in [-0.2, -0.15) is 0 Å². The Balaban J connectivity index is 1.87. The van der Waals surface area contributed by atoms with Gasteiger partial charge in [0.1, 0.15) is 17.8 Å². The minimum Gasteiger partial charge on any atom is -0.612 e. The van der Waals surface area contributed by atoms with Crippen LogP contribution in [0.4, 0.5) is 5.69 Å². The van der Waals surface area contributed by atoms with Gasteiger partial charge in [0.25, 0.3) is 0 Å². The SMILES string of the molecule is COc1c(-c2nc3cc4c(cc3[nH]2)NC(=O)C4(C)C)ccc([S+](C)[O-])c1C. The van der Waals surface area contributed by atoms with E-state index in [0.29, 0.717) is 11.6 Å². The Hall–Kier alpha value is -2.51. The van der Waals surface area contributed by atoms with Crippen molar-refractivity contribution in [3.8, 4) is 17.1 Å². The van der Waals surface area contributed by atoms with E-state index < -0.39 is 16.6 Å². The molecule has 140 valence electrons. The predicted octanol–water partition coefficient (Wildman–Crippen LogP) is 3.51. The average Bonchev–Trinajstić information content (AvgIpc) is 3.11. The highest BCUT2D eigenvalue weighted by atomic mass is 32.2. The number of ether oxygens (including phenoxy) is 1. The summed E-state index contributed by atoms with van der Waals surface area (Å²) in [5.74, 6) is 1.32. The van der Waals surface area contributed by atoms with Gasteiger partial charge in [-0.1, -0.05) is 0 Å². The van der Waals surface area contributed by atoms with E-state index in [1.165, 1.54) is 0 Å². The second-order valence-electron chi connectivity index (χ2n) is 7.30. The standard InChI is InChI=1S/C20H21N3O3S/c1-10-16(27(5)25)7-6-11(17(10)26-4)18-21-14-8-12-13(9-15(14)22-18)23-19(24)20(12,2)3/h6-9H,1-5H3,(H,21,22)(H,23,24). The molecular weight excluding hydrogens is 362 g/mol. The van der Waals surface area contributed by atoms with Crippen LogP contribution in [0.5, 0.6) is 5.75 Å². The predicted molar refractivity (Wildman–Crippen MR) is 107 cm³/mol. The lowest BCUT2D eigenvalue weighted by atomic mass is 9.86. The van der Waals surface area contributed by atoms with Crippen LogP contribution in [0.1, 0.15) is 25.0 Å². The number of carbonyl (C=O) groups excluding carboxylic acids is 1. The molecule has 6 nitrogen and oxygen atoms in total. The van der Waals surface area contributed by atoms with Crippen LogP contribution in [0.3, 0.4) is 0 Å². The van der Waals surface area contributed by atoms with Crippen molar-refractivity contribution >= 4 is 33.8 Å². The molecule has 2 aromatic carbocycles. The topological polar surface area (TPSA) is 90.1 Å². The zero-order valence-electron chi connectivity index (χ0n) is 15.9. The van der Waals surface area contributed by atoms with E-state index in [-0.39, 0.29) is 5.91 Å². The van der Waals surface area contributed by atoms with Gasteiger partial charge >= 0.3 is 0 Å². The number of amides is 1. The summed E-state index contributed by atoms with van der Waals surface area (Å²) in [6.45, 7) is 5.71. The van der Waals surface area contributed by atoms with Crippen LogP contribution in [0.2, 0.25) is 0 Å². The van der Waals surface area contributed by atoms with Crippen molar-refractivity contribution in [1.82, 2.24) is 9.97 Å². The third-order valence-corrected chi connectivity index (χ3v) is 6.30. The van der Waals surface area contributed by atoms with Gasteiger partial charge < -0.3 is 19.6 Å². The minimum atomic E-state index is -1.09. The number of hydrogen-bond acceptors (Lipinski definition) is 4. The fraction of sp³-hybridized carbons (Fsp3) is 0.300. The van der Waals surface area contributed by atoms with E-state index in [1.807, 2.05) is 45.0 Å². The summed E-state index contributed by atoms with van der Waals surface area (Å²) in [6.07, 6.45) is 1.65. The number of imidazole rings is 1. The van der Waals surface area contributed by atoms with Gasteiger partial charge in [0, 0.05) is 11.3 Å². The molecule has 4 rings (SSSR count). The summed E-state index contributed by atoms with van der Waals surface area (Å²) in [4.78, 5) is 21.0. The number of anilines is 1. The molecule has 3 aromatic rings. The van der Waals surface area contributed by atoms with E-state index in [4.69, 9.17) is 9.72 Å². The van der Waals surface area contributed by atoms with Crippen molar-refractivity contribution in [2.45, 2.75) is 31.1 Å². The van der Waals surface area contributed by atoms with E-state index >= 15 is 0 Å². The number of aromatic nitrogens is 2. The molecule has 1 unspecified atom stereocenters. The molecule has 0 bridgehead atoms. The quantitative estimate of drug-likeness (QED) is 0.677. The molecule has 1 aliphatic heterocycles. The number of carbonyl (C=O) groups is 1. The van der Waals surface area contributed by atoms with Crippen LogP contribution in [-0.2, 0) is 21.4 Å². The van der Waals surface area contributed by atoms with Gasteiger partial charge in [-0.05, 0) is 61.8 Å². The summed E-state index contributed by atoms with van der Waals surface area (Å²) in [6, 6.07) is 7.60. The third kappa shape index (κ3) is 2.61. The first-order valence-electron chi connectivity index (χ1n) is 8.61. The van der Waals surface area contributed by atoms with Gasteiger partial charge in [-0.15, -0.1) is 0 Å². The molecule has 0 spiro atoms. The van der Waals surface area contributed by atoms with E-state index in [2.05, 4.69) is 10.3 Å². The number of H-pyrrole nitrogens is 1. The van der Waals surface area contributed by atoms with E-state index in [0.717, 1.165) is 38.3 Å². The number of hydrogen-bond donors (Lipinski definition) is 2. The second-order valence-corrected chi connectivity index (χ2v) is 8.65. The summed E-state index contributed by atoms with van der Waals surface area (Å²) in [7, 11) is 1.60. The lowest BCUT2D eigenvalue weighted by Gasteiger charge is -2.14. The first kappa shape index (κ1) is 17.9. The summed E-state index contributed by atoms with van der Waals surface area (Å²) < 4.78 is 17.5. The van der Waals surface area contributed by atoms with Crippen LogP contribution in [-0.4, -0.2) is 33.8 Å². The fourth-order valence-electron chi connectivity index (χ4n) is 3.64. The molecule has 1 aromatic heterocycles. The average molecular weight is 383 g/mol. The first-order valence-corrected chi connectivity index (χ1v) is 10.2. The molecule has 7 heteroatoms. The van der Waals surface area contributed by atoms with E-state index in [9.17, 15) is 9.35 Å². The minimum absolute atomic E-state index is 0.00849. The van der Waals surface area contributed by atoms with Crippen molar-refractivity contribution in [2.24, 2.45) is 0 Å². The molecule has 1 amide bonds. The summed E-state index contributed by atoms with van der Waals surface area (Å²) >= 11 is -1.09. The highest BCUT2D eigenvalue weighted by molar-refractivity contribution is 7.90. The largest absolute Gasteiger partial charge is 0.612 e. The van der Waals surface area contributed by atoms with Gasteiger partial charge in [-0.3, -0.25) is 4.79 Å². The summed E-state index contributed by atoms with van der Waals surface area (Å²) in [5, 5.41) is 2.94. The first-order chi connectivity index (χ1) is 12.7. The number of methoxy groups -OCH3 is 1. The van der Waals surface area contributed by atoms with Crippen molar-refractivity contribution < 1.29 is 14.1 Å². The lowest BCUT2D eigenvalue weighted by Crippen LogP contribution is -2.26.